The van der Waals surface area contributed by atoms with E-state index in [2.05, 4.69) is 32.9 Å². The van der Waals surface area contributed by atoms with Gasteiger partial charge in [-0.3, -0.25) is 0 Å². The van der Waals surface area contributed by atoms with Gasteiger partial charge in [-0.1, -0.05) is 64.5 Å². The predicted molar refractivity (Wildman–Crippen MR) is 133 cm³/mol. The van der Waals surface area contributed by atoms with Gasteiger partial charge in [-0.05, 0) is 69.8 Å². The third-order valence-electron chi connectivity index (χ3n) is 6.08. The van der Waals surface area contributed by atoms with Crippen LogP contribution in [0.1, 0.15) is 45.6 Å². The summed E-state index contributed by atoms with van der Waals surface area (Å²) >= 11 is 3.45. The number of hydrogen-bond acceptors (Lipinski definition) is 2. The molecule has 2 aliphatic rings. The topological polar surface area (TPSA) is 22.8 Å². The Labute approximate surface area is 210 Å². The fraction of sp³-hybridized carbons (Fsp3) is 0.138. The molecule has 0 amide bonds. The molecule has 2 atom stereocenters. The third kappa shape index (κ3) is 5.03. The number of fused-ring (bicyclic) bond motifs is 2. The van der Waals surface area contributed by atoms with E-state index < -0.39 is 0 Å². The van der Waals surface area contributed by atoms with Gasteiger partial charge in [0.25, 0.3) is 0 Å². The van der Waals surface area contributed by atoms with Crippen LogP contribution in [-0.2, 0) is 22.7 Å². The molecular weight excluding hydrogens is 512 g/mol. The summed E-state index contributed by atoms with van der Waals surface area (Å²) in [5.41, 5.74) is 7.01. The van der Waals surface area contributed by atoms with Gasteiger partial charge in [0.05, 0.1) is 19.8 Å². The highest BCUT2D eigenvalue weighted by Gasteiger charge is 2.25. The van der Waals surface area contributed by atoms with Gasteiger partial charge >= 0.3 is 0 Å². The van der Waals surface area contributed by atoms with E-state index in [1.54, 1.807) is 30.3 Å². The van der Waals surface area contributed by atoms with E-state index >= 15 is 0 Å². The van der Waals surface area contributed by atoms with Crippen molar-refractivity contribution in [3.8, 4) is 0 Å². The van der Waals surface area contributed by atoms with Gasteiger partial charge < -0.3 is 9.47 Å². The van der Waals surface area contributed by atoms with Crippen molar-refractivity contribution in [2.75, 3.05) is 0 Å². The lowest BCUT2D eigenvalue weighted by Crippen LogP contribution is -1.98. The average Bonchev–Trinajstić information content (AvgIpc) is 3.49. The Balaban J connectivity index is 0.000000145. The fourth-order valence-corrected chi connectivity index (χ4v) is 4.76. The van der Waals surface area contributed by atoms with Crippen LogP contribution < -0.4 is 0 Å². The first kappa shape index (κ1) is 23.4. The largest absolute Gasteiger partial charge is 0.364 e. The maximum Gasteiger partial charge on any atom is 0.187 e. The van der Waals surface area contributed by atoms with Crippen molar-refractivity contribution in [2.24, 2.45) is 0 Å². The molecule has 6 rings (SSSR count). The van der Waals surface area contributed by atoms with Crippen molar-refractivity contribution < 1.29 is 18.3 Å². The number of halogens is 3. The summed E-state index contributed by atoms with van der Waals surface area (Å²) in [4.78, 5) is 3.40. The van der Waals surface area contributed by atoms with Crippen LogP contribution >= 0.6 is 15.9 Å². The first-order valence-corrected chi connectivity index (χ1v) is 11.8. The molecule has 0 aromatic heterocycles. The van der Waals surface area contributed by atoms with E-state index in [0.29, 0.717) is 18.9 Å². The second-order valence-electron chi connectivity index (χ2n) is 8.32. The van der Waals surface area contributed by atoms with E-state index in [1.807, 2.05) is 18.2 Å². The molecular formula is C29H20BrF2NO2. The average molecular weight is 532 g/mol. The summed E-state index contributed by atoms with van der Waals surface area (Å²) in [6, 6.07) is 24.5. The second kappa shape index (κ2) is 10.1. The van der Waals surface area contributed by atoms with Crippen LogP contribution in [0, 0.1) is 18.2 Å². The first-order chi connectivity index (χ1) is 17.0. The van der Waals surface area contributed by atoms with Gasteiger partial charge in [0.2, 0.25) is 0 Å². The molecule has 2 unspecified atom stereocenters. The summed E-state index contributed by atoms with van der Waals surface area (Å²) in [7, 11) is 0. The normalized spacial score (nSPS) is 17.7. The maximum absolute atomic E-state index is 12.9. The predicted octanol–water partition coefficient (Wildman–Crippen LogP) is 8.20. The molecule has 0 N–H and O–H groups in total. The molecule has 4 aromatic carbocycles. The Hall–Kier alpha value is -3.37. The minimum Gasteiger partial charge on any atom is -0.364 e. The quantitative estimate of drug-likeness (QED) is 0.243. The molecule has 174 valence electrons. The monoisotopic (exact) mass is 531 g/mol. The molecule has 0 bridgehead atoms. The van der Waals surface area contributed by atoms with Crippen LogP contribution in [0.25, 0.3) is 4.85 Å². The SMILES string of the molecule is Fc1ccc(C2OCc3cc(Br)ccc32)cc1.[C-]#[N+]c1ccc2c(c1)COC2c1ccc(F)cc1. The van der Waals surface area contributed by atoms with Gasteiger partial charge in [-0.15, -0.1) is 0 Å². The second-order valence-corrected chi connectivity index (χ2v) is 9.24. The third-order valence-corrected chi connectivity index (χ3v) is 6.58. The van der Waals surface area contributed by atoms with E-state index in [9.17, 15) is 8.78 Å². The molecule has 0 saturated carbocycles. The van der Waals surface area contributed by atoms with Crippen LogP contribution in [0.2, 0.25) is 0 Å². The number of rotatable bonds is 2. The van der Waals surface area contributed by atoms with Gasteiger partial charge in [0.1, 0.15) is 23.8 Å². The zero-order chi connectivity index (χ0) is 24.4. The summed E-state index contributed by atoms with van der Waals surface area (Å²) in [5.74, 6) is -0.469. The molecule has 35 heavy (non-hydrogen) atoms. The number of benzene rings is 4. The summed E-state index contributed by atoms with van der Waals surface area (Å²) in [6.07, 6.45) is -0.223. The number of nitrogens with zero attached hydrogens (tertiary/aromatic N) is 1. The van der Waals surface area contributed by atoms with Crippen LogP contribution in [-0.4, -0.2) is 0 Å². The summed E-state index contributed by atoms with van der Waals surface area (Å²) in [5, 5.41) is 0. The lowest BCUT2D eigenvalue weighted by Gasteiger charge is -2.11. The Bertz CT molecular complexity index is 1400. The lowest BCUT2D eigenvalue weighted by molar-refractivity contribution is 0.0938. The first-order valence-electron chi connectivity index (χ1n) is 11.0. The maximum atomic E-state index is 12.9. The molecule has 4 aromatic rings. The van der Waals surface area contributed by atoms with Crippen molar-refractivity contribution in [3.05, 3.63) is 146 Å². The number of hydrogen-bond donors (Lipinski definition) is 0. The molecule has 0 spiro atoms. The summed E-state index contributed by atoms with van der Waals surface area (Å²) in [6.45, 7) is 8.10. The van der Waals surface area contributed by atoms with Crippen molar-refractivity contribution >= 4 is 21.6 Å². The van der Waals surface area contributed by atoms with E-state index in [1.165, 1.54) is 35.4 Å². The molecule has 0 saturated heterocycles. The summed E-state index contributed by atoms with van der Waals surface area (Å²) < 4.78 is 38.3. The van der Waals surface area contributed by atoms with Gasteiger partial charge in [0, 0.05) is 4.47 Å². The van der Waals surface area contributed by atoms with E-state index in [0.717, 1.165) is 26.7 Å². The molecule has 2 heterocycles. The Morgan fingerprint density at radius 3 is 1.69 bits per heavy atom. The van der Waals surface area contributed by atoms with Gasteiger partial charge in [-0.2, -0.15) is 0 Å². The smallest absolute Gasteiger partial charge is 0.187 e. The molecule has 6 heteroatoms. The zero-order valence-corrected chi connectivity index (χ0v) is 20.1. The van der Waals surface area contributed by atoms with Crippen molar-refractivity contribution in [3.63, 3.8) is 0 Å². The highest BCUT2D eigenvalue weighted by Crippen LogP contribution is 2.38. The van der Waals surface area contributed by atoms with Crippen molar-refractivity contribution in [1.29, 1.82) is 0 Å². The molecule has 0 radical (unpaired) electrons. The van der Waals surface area contributed by atoms with Gasteiger partial charge in [0.15, 0.2) is 5.69 Å². The molecule has 0 aliphatic carbocycles. The van der Waals surface area contributed by atoms with Crippen LogP contribution in [0.15, 0.2) is 89.4 Å². The zero-order valence-electron chi connectivity index (χ0n) is 18.5. The van der Waals surface area contributed by atoms with Crippen molar-refractivity contribution in [2.45, 2.75) is 25.4 Å². The molecule has 0 fully saturated rings. The van der Waals surface area contributed by atoms with Crippen LogP contribution in [0.3, 0.4) is 0 Å². The Kier molecular flexibility index (Phi) is 6.74. The highest BCUT2D eigenvalue weighted by molar-refractivity contribution is 9.10. The standard InChI is InChI=1S/C15H10FNO.C14H10BrFO/c1-17-13-6-7-14-11(8-13)9-18-15(14)10-2-4-12(16)5-3-10;15-11-3-6-13-10(7-11)8-17-14(13)9-1-4-12(16)5-2-9/h2-8,15H,9H2;1-7,14H,8H2. The van der Waals surface area contributed by atoms with Crippen LogP contribution in [0.4, 0.5) is 14.5 Å². The lowest BCUT2D eigenvalue weighted by atomic mass is 9.99. The number of ether oxygens (including phenoxy) is 2. The molecule has 2 aliphatic heterocycles. The van der Waals surface area contributed by atoms with E-state index in [-0.39, 0.29) is 23.8 Å². The minimum atomic E-state index is -0.250. The van der Waals surface area contributed by atoms with E-state index in [4.69, 9.17) is 16.0 Å². The molecule has 3 nitrogen and oxygen atoms in total. The van der Waals surface area contributed by atoms with Gasteiger partial charge in [-0.25, -0.2) is 13.6 Å². The van der Waals surface area contributed by atoms with Crippen molar-refractivity contribution in [1.82, 2.24) is 0 Å². The Morgan fingerprint density at radius 2 is 1.17 bits per heavy atom. The highest BCUT2D eigenvalue weighted by atomic mass is 79.9. The Morgan fingerprint density at radius 1 is 0.686 bits per heavy atom. The van der Waals surface area contributed by atoms with Crippen LogP contribution in [0.5, 0.6) is 0 Å². The fourth-order valence-electron chi connectivity index (χ4n) is 4.35. The minimum absolute atomic E-state index is 0.0706.